The van der Waals surface area contributed by atoms with Crippen molar-refractivity contribution in [3.8, 4) is 11.5 Å². The third kappa shape index (κ3) is 3.12. The van der Waals surface area contributed by atoms with Gasteiger partial charge in [0.15, 0.2) is 37.8 Å². The van der Waals surface area contributed by atoms with Crippen molar-refractivity contribution in [1.82, 2.24) is 0 Å². The molecule has 0 amide bonds. The van der Waals surface area contributed by atoms with Gasteiger partial charge in [-0.1, -0.05) is 11.8 Å². The largest absolute Gasteiger partial charge is 0.454 e. The van der Waals surface area contributed by atoms with Crippen LogP contribution in [0.5, 0.6) is 11.5 Å². The molecule has 2 heterocycles. The van der Waals surface area contributed by atoms with Crippen molar-refractivity contribution in [3.05, 3.63) is 65.7 Å². The maximum absolute atomic E-state index is 12.0. The highest BCUT2D eigenvalue weighted by molar-refractivity contribution is 8.04. The number of fused-ring (bicyclic) bond motifs is 3. The minimum absolute atomic E-state index is 0.0461. The molecule has 0 saturated heterocycles. The third-order valence-electron chi connectivity index (χ3n) is 4.94. The Hall–Kier alpha value is -2.70. The fraction of sp³-hybridized carbons (Fsp3) is 0.130. The van der Waals surface area contributed by atoms with Crippen LogP contribution >= 0.6 is 11.8 Å². The van der Waals surface area contributed by atoms with E-state index in [0.717, 1.165) is 36.0 Å². The Labute approximate surface area is 175 Å². The van der Waals surface area contributed by atoms with E-state index in [9.17, 15) is 9.59 Å². The second-order valence-electron chi connectivity index (χ2n) is 6.86. The SMILES string of the molecule is CC(=O)c1ccc2c(c1)Sc1ccc(C(C)=O)cc1[S+]2c1ccc2c(c1)OCO2. The Morgan fingerprint density at radius 3 is 2.31 bits per heavy atom. The van der Waals surface area contributed by atoms with Crippen LogP contribution in [-0.2, 0) is 10.9 Å². The summed E-state index contributed by atoms with van der Waals surface area (Å²) in [6.07, 6.45) is 0. The van der Waals surface area contributed by atoms with E-state index in [1.807, 2.05) is 48.5 Å². The first-order valence-electron chi connectivity index (χ1n) is 9.13. The fourth-order valence-corrected chi connectivity index (χ4v) is 7.23. The van der Waals surface area contributed by atoms with E-state index in [1.165, 1.54) is 0 Å². The normalized spacial score (nSPS) is 16.1. The number of hydrogen-bond donors (Lipinski definition) is 0. The van der Waals surface area contributed by atoms with Gasteiger partial charge in [-0.05, 0) is 56.3 Å². The molecule has 2 aliphatic rings. The van der Waals surface area contributed by atoms with E-state index in [4.69, 9.17) is 9.47 Å². The molecule has 2 aliphatic heterocycles. The Kier molecular flexibility index (Phi) is 4.41. The zero-order valence-electron chi connectivity index (χ0n) is 15.9. The highest BCUT2D eigenvalue weighted by Crippen LogP contribution is 2.50. The summed E-state index contributed by atoms with van der Waals surface area (Å²) in [5, 5.41) is 0. The summed E-state index contributed by atoms with van der Waals surface area (Å²) in [7, 11) is -0.419. The van der Waals surface area contributed by atoms with Gasteiger partial charge in [-0.25, -0.2) is 0 Å². The number of carbonyl (C=O) groups is 2. The summed E-state index contributed by atoms with van der Waals surface area (Å²) in [6, 6.07) is 17.8. The smallest absolute Gasteiger partial charge is 0.231 e. The van der Waals surface area contributed by atoms with E-state index < -0.39 is 10.9 Å². The lowest BCUT2D eigenvalue weighted by molar-refractivity contribution is 0.100. The summed E-state index contributed by atoms with van der Waals surface area (Å²) < 4.78 is 11.1. The van der Waals surface area contributed by atoms with E-state index >= 15 is 0 Å². The predicted octanol–water partition coefficient (Wildman–Crippen LogP) is 5.38. The van der Waals surface area contributed by atoms with Crippen LogP contribution in [-0.4, -0.2) is 18.4 Å². The molecule has 5 rings (SSSR count). The molecule has 4 nitrogen and oxygen atoms in total. The van der Waals surface area contributed by atoms with E-state index in [1.54, 1.807) is 25.6 Å². The van der Waals surface area contributed by atoms with Crippen LogP contribution in [0.15, 0.2) is 79.1 Å². The highest BCUT2D eigenvalue weighted by atomic mass is 32.2. The molecular weight excluding hydrogens is 404 g/mol. The molecule has 29 heavy (non-hydrogen) atoms. The summed E-state index contributed by atoms with van der Waals surface area (Å²) in [5.74, 6) is 1.58. The van der Waals surface area contributed by atoms with Gasteiger partial charge in [0.2, 0.25) is 6.79 Å². The second-order valence-corrected chi connectivity index (χ2v) is 9.91. The minimum Gasteiger partial charge on any atom is -0.454 e. The molecule has 144 valence electrons. The summed E-state index contributed by atoms with van der Waals surface area (Å²) in [5.41, 5.74) is 1.40. The van der Waals surface area contributed by atoms with Gasteiger partial charge in [0.05, 0.1) is 9.79 Å². The molecule has 0 aromatic heterocycles. The quantitative estimate of drug-likeness (QED) is 0.328. The van der Waals surface area contributed by atoms with E-state index in [2.05, 4.69) is 6.07 Å². The van der Waals surface area contributed by atoms with Crippen LogP contribution < -0.4 is 9.47 Å². The molecule has 3 aromatic rings. The van der Waals surface area contributed by atoms with Gasteiger partial charge in [-0.15, -0.1) is 0 Å². The van der Waals surface area contributed by atoms with Gasteiger partial charge >= 0.3 is 0 Å². The number of Topliss-reactive ketones (excluding diaryl/α,β-unsaturated/α-hetero) is 2. The first-order chi connectivity index (χ1) is 14.0. The molecule has 1 atom stereocenters. The standard InChI is InChI=1S/C23H17O4S2/c1-13(24)15-4-8-22-21(9-15)28-20-7-3-16(14(2)25)10-23(20)29(22)17-5-6-18-19(11-17)27-12-26-18/h3-11H,12H2,1-2H3/q+1. The van der Waals surface area contributed by atoms with Crippen molar-refractivity contribution in [2.24, 2.45) is 0 Å². The van der Waals surface area contributed by atoms with Gasteiger partial charge in [0.1, 0.15) is 10.9 Å². The number of ketones is 2. The fourth-order valence-electron chi connectivity index (χ4n) is 3.44. The maximum atomic E-state index is 12.0. The average Bonchev–Trinajstić information content (AvgIpc) is 3.18. The van der Waals surface area contributed by atoms with Gasteiger partial charge in [-0.3, -0.25) is 9.59 Å². The van der Waals surface area contributed by atoms with Crippen molar-refractivity contribution < 1.29 is 19.1 Å². The van der Waals surface area contributed by atoms with Gasteiger partial charge in [0, 0.05) is 23.3 Å². The Balaban J connectivity index is 1.72. The van der Waals surface area contributed by atoms with Crippen molar-refractivity contribution in [2.75, 3.05) is 6.79 Å². The molecule has 0 aliphatic carbocycles. The van der Waals surface area contributed by atoms with Crippen LogP contribution in [0, 0.1) is 0 Å². The van der Waals surface area contributed by atoms with E-state index in [0.29, 0.717) is 11.1 Å². The molecule has 0 saturated carbocycles. The van der Waals surface area contributed by atoms with Crippen molar-refractivity contribution in [1.29, 1.82) is 0 Å². The topological polar surface area (TPSA) is 52.6 Å². The first kappa shape index (κ1) is 18.3. The van der Waals surface area contributed by atoms with Crippen LogP contribution in [0.4, 0.5) is 0 Å². The molecule has 0 N–H and O–H groups in total. The third-order valence-corrected chi connectivity index (χ3v) is 8.63. The number of ether oxygens (including phenoxy) is 2. The first-order valence-corrected chi connectivity index (χ1v) is 11.2. The lowest BCUT2D eigenvalue weighted by Gasteiger charge is -2.20. The predicted molar refractivity (Wildman–Crippen MR) is 112 cm³/mol. The number of carbonyl (C=O) groups excluding carboxylic acids is 2. The van der Waals surface area contributed by atoms with Gasteiger partial charge in [-0.2, -0.15) is 0 Å². The lowest BCUT2D eigenvalue weighted by Crippen LogP contribution is -2.13. The summed E-state index contributed by atoms with van der Waals surface area (Å²) >= 11 is 1.65. The molecule has 6 heteroatoms. The summed E-state index contributed by atoms with van der Waals surface area (Å²) in [4.78, 5) is 29.4. The average molecular weight is 422 g/mol. The zero-order valence-corrected chi connectivity index (χ0v) is 17.5. The number of rotatable bonds is 3. The molecule has 0 spiro atoms. The second kappa shape index (κ2) is 6.97. The minimum atomic E-state index is -0.419. The van der Waals surface area contributed by atoms with E-state index in [-0.39, 0.29) is 18.4 Å². The molecule has 0 bridgehead atoms. The van der Waals surface area contributed by atoms with Crippen molar-refractivity contribution in [2.45, 2.75) is 38.3 Å². The van der Waals surface area contributed by atoms with Gasteiger partial charge in [0.25, 0.3) is 0 Å². The zero-order chi connectivity index (χ0) is 20.1. The van der Waals surface area contributed by atoms with Crippen LogP contribution in [0.3, 0.4) is 0 Å². The molecule has 0 radical (unpaired) electrons. The number of benzene rings is 3. The highest BCUT2D eigenvalue weighted by Gasteiger charge is 2.39. The Bertz CT molecular complexity index is 1190. The molecule has 0 fully saturated rings. The Morgan fingerprint density at radius 1 is 0.793 bits per heavy atom. The summed E-state index contributed by atoms with van der Waals surface area (Å²) in [6.45, 7) is 3.40. The maximum Gasteiger partial charge on any atom is 0.231 e. The molecule has 3 aromatic carbocycles. The van der Waals surface area contributed by atoms with Crippen LogP contribution in [0.2, 0.25) is 0 Å². The molecule has 1 unspecified atom stereocenters. The van der Waals surface area contributed by atoms with Crippen LogP contribution in [0.25, 0.3) is 0 Å². The van der Waals surface area contributed by atoms with Crippen molar-refractivity contribution in [3.63, 3.8) is 0 Å². The monoisotopic (exact) mass is 421 g/mol. The lowest BCUT2D eigenvalue weighted by atomic mass is 10.1. The molecular formula is C23H17O4S2+. The van der Waals surface area contributed by atoms with Gasteiger partial charge < -0.3 is 9.47 Å². The van der Waals surface area contributed by atoms with Crippen molar-refractivity contribution >= 4 is 34.2 Å². The number of hydrogen-bond acceptors (Lipinski definition) is 5. The Morgan fingerprint density at radius 2 is 1.52 bits per heavy atom. The van der Waals surface area contributed by atoms with Crippen LogP contribution in [0.1, 0.15) is 34.6 Å².